The molecule has 0 saturated carbocycles. The predicted molar refractivity (Wildman–Crippen MR) is 126 cm³/mol. The van der Waals surface area contributed by atoms with E-state index in [1.165, 1.54) is 11.1 Å². The van der Waals surface area contributed by atoms with E-state index in [2.05, 4.69) is 48.3 Å². The van der Waals surface area contributed by atoms with Gasteiger partial charge in [0, 0.05) is 23.7 Å². The minimum absolute atomic E-state index is 0.0455. The summed E-state index contributed by atoms with van der Waals surface area (Å²) in [6.45, 7) is 8.09. The number of nitrogens with one attached hydrogen (secondary N) is 1. The second-order valence-corrected chi connectivity index (χ2v) is 7.80. The first-order chi connectivity index (χ1) is 14.6. The van der Waals surface area contributed by atoms with Crippen LogP contribution in [-0.2, 0) is 13.0 Å². The molecule has 3 rings (SSSR count). The molecule has 0 fully saturated rings. The topological polar surface area (TPSA) is 32.3 Å². The number of benzene rings is 3. The average molecular weight is 421 g/mol. The fraction of sp³-hybridized carbons (Fsp3) is 0.269. The van der Waals surface area contributed by atoms with E-state index >= 15 is 0 Å². The molecule has 0 aliphatic carbocycles. The third-order valence-corrected chi connectivity index (χ3v) is 5.60. The van der Waals surface area contributed by atoms with Crippen molar-refractivity contribution in [2.45, 2.75) is 26.8 Å². The zero-order chi connectivity index (χ0) is 21.3. The van der Waals surface area contributed by atoms with Crippen molar-refractivity contribution in [2.24, 2.45) is 0 Å². The van der Waals surface area contributed by atoms with E-state index in [1.54, 1.807) is 0 Å². The first-order valence-electron chi connectivity index (χ1n) is 10.5. The van der Waals surface area contributed by atoms with Crippen LogP contribution in [0.1, 0.15) is 35.3 Å². The summed E-state index contributed by atoms with van der Waals surface area (Å²) in [7, 11) is 0. The molecule has 1 N–H and O–H groups in total. The van der Waals surface area contributed by atoms with E-state index in [9.17, 15) is 4.79 Å². The van der Waals surface area contributed by atoms with Gasteiger partial charge in [-0.3, -0.25) is 9.69 Å². The Morgan fingerprint density at radius 1 is 0.800 bits per heavy atom. The van der Waals surface area contributed by atoms with E-state index in [0.29, 0.717) is 17.1 Å². The molecular formula is C26H29ClN2O. The Morgan fingerprint density at radius 2 is 1.33 bits per heavy atom. The second-order valence-electron chi connectivity index (χ2n) is 7.37. The van der Waals surface area contributed by atoms with Gasteiger partial charge in [0.1, 0.15) is 0 Å². The molecule has 0 atom stereocenters. The number of rotatable bonds is 9. The minimum Gasteiger partial charge on any atom is -0.352 e. The summed E-state index contributed by atoms with van der Waals surface area (Å²) in [5, 5.41) is 3.73. The normalized spacial score (nSPS) is 10.9. The molecule has 30 heavy (non-hydrogen) atoms. The van der Waals surface area contributed by atoms with Crippen molar-refractivity contribution in [3.8, 4) is 11.1 Å². The summed E-state index contributed by atoms with van der Waals surface area (Å²) in [6, 6.07) is 24.0. The van der Waals surface area contributed by atoms with Gasteiger partial charge in [-0.25, -0.2) is 0 Å². The maximum absolute atomic E-state index is 12.4. The van der Waals surface area contributed by atoms with Gasteiger partial charge in [-0.05, 0) is 66.0 Å². The van der Waals surface area contributed by atoms with Crippen LogP contribution in [-0.4, -0.2) is 30.4 Å². The van der Waals surface area contributed by atoms with Gasteiger partial charge in [-0.2, -0.15) is 0 Å². The summed E-state index contributed by atoms with van der Waals surface area (Å²) < 4.78 is 0. The molecule has 0 heterocycles. The SMILES string of the molecule is CCN(CC)Cc1ccc(CCNC(=O)c2ccc(-c3ccc(Cl)cc3)cc2)cc1. The number of carbonyl (C=O) groups is 1. The zero-order valence-electron chi connectivity index (χ0n) is 17.7. The van der Waals surface area contributed by atoms with Crippen LogP contribution < -0.4 is 5.32 Å². The molecule has 1 amide bonds. The van der Waals surface area contributed by atoms with E-state index in [-0.39, 0.29) is 5.91 Å². The van der Waals surface area contributed by atoms with Crippen LogP contribution in [0.4, 0.5) is 0 Å². The molecule has 3 aromatic rings. The molecular weight excluding hydrogens is 392 g/mol. The van der Waals surface area contributed by atoms with Crippen LogP contribution in [0.2, 0.25) is 5.02 Å². The number of carbonyl (C=O) groups excluding carboxylic acids is 1. The molecule has 0 unspecified atom stereocenters. The monoisotopic (exact) mass is 420 g/mol. The van der Waals surface area contributed by atoms with Gasteiger partial charge in [-0.15, -0.1) is 0 Å². The Bertz CT molecular complexity index is 930. The molecule has 3 aromatic carbocycles. The van der Waals surface area contributed by atoms with Crippen molar-refractivity contribution in [3.05, 3.63) is 94.5 Å². The number of nitrogens with zero attached hydrogens (tertiary/aromatic N) is 1. The Labute approximate surface area is 184 Å². The van der Waals surface area contributed by atoms with E-state index in [4.69, 9.17) is 11.6 Å². The van der Waals surface area contributed by atoms with Crippen LogP contribution in [0.15, 0.2) is 72.8 Å². The van der Waals surface area contributed by atoms with Gasteiger partial charge in [0.15, 0.2) is 0 Å². The van der Waals surface area contributed by atoms with Gasteiger partial charge in [0.2, 0.25) is 0 Å². The van der Waals surface area contributed by atoms with Crippen molar-refractivity contribution in [1.29, 1.82) is 0 Å². The molecule has 0 aliphatic heterocycles. The fourth-order valence-corrected chi connectivity index (χ4v) is 3.52. The number of amides is 1. The lowest BCUT2D eigenvalue weighted by atomic mass is 10.0. The largest absolute Gasteiger partial charge is 0.352 e. The van der Waals surface area contributed by atoms with Crippen LogP contribution in [0, 0.1) is 0 Å². The van der Waals surface area contributed by atoms with Gasteiger partial charge in [0.25, 0.3) is 5.91 Å². The van der Waals surface area contributed by atoms with Crippen LogP contribution >= 0.6 is 11.6 Å². The molecule has 0 aliphatic rings. The summed E-state index contributed by atoms with van der Waals surface area (Å²) in [4.78, 5) is 14.8. The Hall–Kier alpha value is -2.62. The summed E-state index contributed by atoms with van der Waals surface area (Å²) in [5.41, 5.74) is 5.37. The van der Waals surface area contributed by atoms with Gasteiger partial charge in [0.05, 0.1) is 0 Å². The van der Waals surface area contributed by atoms with Gasteiger partial charge >= 0.3 is 0 Å². The van der Waals surface area contributed by atoms with Crippen LogP contribution in [0.5, 0.6) is 0 Å². The molecule has 0 bridgehead atoms. The molecule has 0 saturated heterocycles. The number of hydrogen-bond acceptors (Lipinski definition) is 2. The third kappa shape index (κ3) is 6.19. The third-order valence-electron chi connectivity index (χ3n) is 5.35. The maximum Gasteiger partial charge on any atom is 0.251 e. The van der Waals surface area contributed by atoms with Crippen molar-refractivity contribution < 1.29 is 4.79 Å². The van der Waals surface area contributed by atoms with Crippen LogP contribution in [0.3, 0.4) is 0 Å². The highest BCUT2D eigenvalue weighted by Crippen LogP contribution is 2.21. The number of hydrogen-bond donors (Lipinski definition) is 1. The Kier molecular flexibility index (Phi) is 8.06. The quantitative estimate of drug-likeness (QED) is 0.473. The lowest BCUT2D eigenvalue weighted by molar-refractivity contribution is 0.0954. The van der Waals surface area contributed by atoms with E-state index < -0.39 is 0 Å². The van der Waals surface area contributed by atoms with E-state index in [1.807, 2.05) is 48.5 Å². The summed E-state index contributed by atoms with van der Waals surface area (Å²) >= 11 is 5.94. The van der Waals surface area contributed by atoms with Gasteiger partial charge in [-0.1, -0.05) is 74.0 Å². The highest BCUT2D eigenvalue weighted by molar-refractivity contribution is 6.30. The zero-order valence-corrected chi connectivity index (χ0v) is 18.5. The summed E-state index contributed by atoms with van der Waals surface area (Å²) in [5.74, 6) is -0.0455. The van der Waals surface area contributed by atoms with Crippen LogP contribution in [0.25, 0.3) is 11.1 Å². The average Bonchev–Trinajstić information content (AvgIpc) is 2.79. The van der Waals surface area contributed by atoms with Gasteiger partial charge < -0.3 is 5.32 Å². The number of halogens is 1. The van der Waals surface area contributed by atoms with Crippen molar-refractivity contribution >= 4 is 17.5 Å². The molecule has 3 nitrogen and oxygen atoms in total. The first kappa shape index (κ1) is 22.1. The first-order valence-corrected chi connectivity index (χ1v) is 10.9. The molecule has 0 aromatic heterocycles. The highest BCUT2D eigenvalue weighted by atomic mass is 35.5. The fourth-order valence-electron chi connectivity index (χ4n) is 3.40. The molecule has 156 valence electrons. The molecule has 0 radical (unpaired) electrons. The predicted octanol–water partition coefficient (Wildman–Crippen LogP) is 5.82. The lowest BCUT2D eigenvalue weighted by Crippen LogP contribution is -2.25. The van der Waals surface area contributed by atoms with E-state index in [0.717, 1.165) is 37.2 Å². The Morgan fingerprint density at radius 3 is 1.90 bits per heavy atom. The highest BCUT2D eigenvalue weighted by Gasteiger charge is 2.06. The van der Waals surface area contributed by atoms with Crippen molar-refractivity contribution in [2.75, 3.05) is 19.6 Å². The summed E-state index contributed by atoms with van der Waals surface area (Å²) in [6.07, 6.45) is 0.820. The lowest BCUT2D eigenvalue weighted by Gasteiger charge is -2.18. The molecule has 4 heteroatoms. The second kappa shape index (κ2) is 11.0. The smallest absolute Gasteiger partial charge is 0.251 e. The molecule has 0 spiro atoms. The minimum atomic E-state index is -0.0455. The van der Waals surface area contributed by atoms with Crippen molar-refractivity contribution in [1.82, 2.24) is 10.2 Å². The maximum atomic E-state index is 12.4. The van der Waals surface area contributed by atoms with Crippen molar-refractivity contribution in [3.63, 3.8) is 0 Å². The standard InChI is InChI=1S/C26H29ClN2O/c1-3-29(4-2)19-21-7-5-20(6-8-21)17-18-28-26(30)24-11-9-22(10-12-24)23-13-15-25(27)16-14-23/h5-16H,3-4,17-19H2,1-2H3,(H,28,30). The Balaban J connectivity index is 1.49.